The summed E-state index contributed by atoms with van der Waals surface area (Å²) in [5.41, 5.74) is 8.88. The van der Waals surface area contributed by atoms with E-state index in [1.165, 1.54) is 17.7 Å². The van der Waals surface area contributed by atoms with Gasteiger partial charge >= 0.3 is 0 Å². The van der Waals surface area contributed by atoms with Crippen molar-refractivity contribution in [1.82, 2.24) is 0 Å². The number of benzene rings is 2. The Bertz CT molecular complexity index is 651. The van der Waals surface area contributed by atoms with Crippen LogP contribution < -0.4 is 10.6 Å². The molecule has 3 rings (SSSR count). The van der Waals surface area contributed by atoms with E-state index < -0.39 is 6.04 Å². The smallest absolute Gasteiger partial charge is 0.247 e. The van der Waals surface area contributed by atoms with Gasteiger partial charge in [-0.25, -0.2) is 4.39 Å². The first-order valence-electron chi connectivity index (χ1n) is 7.05. The summed E-state index contributed by atoms with van der Waals surface area (Å²) in [6.45, 7) is 2.10. The highest BCUT2D eigenvalue weighted by Gasteiger charge is 2.46. The number of hydrogen-bond donors (Lipinski definition) is 1. The van der Waals surface area contributed by atoms with Crippen LogP contribution in [0.2, 0.25) is 0 Å². The zero-order chi connectivity index (χ0) is 15.0. The number of rotatable bonds is 3. The summed E-state index contributed by atoms with van der Waals surface area (Å²) in [6, 6.07) is 13.3. The molecule has 1 amide bonds. The number of nitrogens with two attached hydrogens (primary N) is 1. The molecule has 2 aromatic rings. The van der Waals surface area contributed by atoms with E-state index in [0.717, 1.165) is 12.0 Å². The van der Waals surface area contributed by atoms with Crippen LogP contribution in [0.5, 0.6) is 0 Å². The van der Waals surface area contributed by atoms with Gasteiger partial charge in [0.15, 0.2) is 0 Å². The minimum Gasteiger partial charge on any atom is -0.318 e. The number of halogens is 1. The molecule has 0 aromatic heterocycles. The van der Waals surface area contributed by atoms with Gasteiger partial charge in [0, 0.05) is 5.69 Å². The molecule has 1 heterocycles. The van der Waals surface area contributed by atoms with Crippen molar-refractivity contribution in [2.45, 2.75) is 25.4 Å². The monoisotopic (exact) mass is 284 g/mol. The van der Waals surface area contributed by atoms with Gasteiger partial charge in [-0.3, -0.25) is 4.79 Å². The van der Waals surface area contributed by atoms with Crippen molar-refractivity contribution in [3.8, 4) is 0 Å². The maximum Gasteiger partial charge on any atom is 0.247 e. The number of amides is 1. The van der Waals surface area contributed by atoms with Gasteiger partial charge in [0.1, 0.15) is 11.9 Å². The number of β-lactam (4-membered cyclic amide) rings is 1. The fourth-order valence-corrected chi connectivity index (χ4v) is 2.71. The predicted molar refractivity (Wildman–Crippen MR) is 80.4 cm³/mol. The molecular formula is C17H17FN2O. The maximum atomic E-state index is 13.0. The predicted octanol–water partition coefficient (Wildman–Crippen LogP) is 2.80. The van der Waals surface area contributed by atoms with Crippen LogP contribution in [-0.2, 0) is 11.2 Å². The molecule has 0 bridgehead atoms. The highest BCUT2D eigenvalue weighted by molar-refractivity contribution is 6.05. The molecule has 0 spiro atoms. The number of carbonyl (C=O) groups excluding carboxylic acids is 1. The molecule has 0 aliphatic carbocycles. The summed E-state index contributed by atoms with van der Waals surface area (Å²) in [5.74, 6) is -0.453. The molecule has 1 fully saturated rings. The van der Waals surface area contributed by atoms with E-state index in [-0.39, 0.29) is 17.8 Å². The summed E-state index contributed by atoms with van der Waals surface area (Å²) in [7, 11) is 0. The zero-order valence-corrected chi connectivity index (χ0v) is 11.8. The summed E-state index contributed by atoms with van der Waals surface area (Å²) in [4.78, 5) is 13.7. The second-order valence-corrected chi connectivity index (χ2v) is 5.25. The van der Waals surface area contributed by atoms with Crippen LogP contribution in [0.3, 0.4) is 0 Å². The van der Waals surface area contributed by atoms with Gasteiger partial charge in [0.2, 0.25) is 5.91 Å². The van der Waals surface area contributed by atoms with Crippen molar-refractivity contribution in [1.29, 1.82) is 0 Å². The molecular weight excluding hydrogens is 267 g/mol. The Morgan fingerprint density at radius 2 is 1.71 bits per heavy atom. The van der Waals surface area contributed by atoms with Crippen molar-refractivity contribution in [3.63, 3.8) is 0 Å². The van der Waals surface area contributed by atoms with Crippen molar-refractivity contribution in [2.24, 2.45) is 5.73 Å². The molecule has 21 heavy (non-hydrogen) atoms. The van der Waals surface area contributed by atoms with Crippen LogP contribution in [0.15, 0.2) is 48.5 Å². The lowest BCUT2D eigenvalue weighted by molar-refractivity contribution is -0.126. The summed E-state index contributed by atoms with van der Waals surface area (Å²) < 4.78 is 13.0. The third-order valence-electron chi connectivity index (χ3n) is 3.98. The molecule has 1 aliphatic heterocycles. The van der Waals surface area contributed by atoms with Crippen LogP contribution in [0.4, 0.5) is 10.1 Å². The first kappa shape index (κ1) is 13.8. The van der Waals surface area contributed by atoms with Gasteiger partial charge in [-0.2, -0.15) is 0 Å². The number of nitrogens with zero attached hydrogens (tertiary/aromatic N) is 1. The van der Waals surface area contributed by atoms with E-state index in [0.29, 0.717) is 5.69 Å². The van der Waals surface area contributed by atoms with E-state index in [2.05, 4.69) is 6.92 Å². The van der Waals surface area contributed by atoms with E-state index in [9.17, 15) is 9.18 Å². The van der Waals surface area contributed by atoms with E-state index in [1.54, 1.807) is 17.0 Å². The molecule has 2 N–H and O–H groups in total. The topological polar surface area (TPSA) is 46.3 Å². The third kappa shape index (κ3) is 2.32. The van der Waals surface area contributed by atoms with Crippen LogP contribution in [0.25, 0.3) is 0 Å². The normalized spacial score (nSPS) is 21.3. The summed E-state index contributed by atoms with van der Waals surface area (Å²) in [5, 5.41) is 0. The molecule has 0 unspecified atom stereocenters. The molecule has 0 saturated carbocycles. The molecule has 108 valence electrons. The second kappa shape index (κ2) is 5.30. The highest BCUT2D eigenvalue weighted by Crippen LogP contribution is 2.38. The number of anilines is 1. The lowest BCUT2D eigenvalue weighted by Gasteiger charge is -2.45. The zero-order valence-electron chi connectivity index (χ0n) is 11.8. The third-order valence-corrected chi connectivity index (χ3v) is 3.98. The van der Waals surface area contributed by atoms with Gasteiger partial charge in [-0.1, -0.05) is 31.2 Å². The Morgan fingerprint density at radius 3 is 2.29 bits per heavy atom. The minimum absolute atomic E-state index is 0.133. The maximum absolute atomic E-state index is 13.0. The van der Waals surface area contributed by atoms with Crippen molar-refractivity contribution >= 4 is 11.6 Å². The number of aryl methyl sites for hydroxylation is 1. The van der Waals surface area contributed by atoms with Crippen molar-refractivity contribution in [3.05, 3.63) is 65.5 Å². The lowest BCUT2D eigenvalue weighted by Crippen LogP contribution is -2.63. The minimum atomic E-state index is -0.539. The van der Waals surface area contributed by atoms with Gasteiger partial charge in [-0.15, -0.1) is 0 Å². The quantitative estimate of drug-likeness (QED) is 0.881. The first-order valence-corrected chi connectivity index (χ1v) is 7.05. The van der Waals surface area contributed by atoms with Crippen LogP contribution in [-0.4, -0.2) is 11.9 Å². The fourth-order valence-electron chi connectivity index (χ4n) is 2.71. The lowest BCUT2D eigenvalue weighted by atomic mass is 9.88. The highest BCUT2D eigenvalue weighted by atomic mass is 19.1. The Hall–Kier alpha value is -2.20. The average molecular weight is 284 g/mol. The molecule has 0 radical (unpaired) electrons. The van der Waals surface area contributed by atoms with Crippen molar-refractivity contribution in [2.75, 3.05) is 4.90 Å². The second-order valence-electron chi connectivity index (χ2n) is 5.25. The van der Waals surface area contributed by atoms with Gasteiger partial charge in [-0.05, 0) is 41.8 Å². The average Bonchev–Trinajstić information content (AvgIpc) is 2.53. The summed E-state index contributed by atoms with van der Waals surface area (Å²) in [6.07, 6.45) is 0.970. The molecule has 2 aromatic carbocycles. The van der Waals surface area contributed by atoms with Gasteiger partial charge in [0.25, 0.3) is 0 Å². The van der Waals surface area contributed by atoms with Gasteiger partial charge in [0.05, 0.1) is 6.04 Å². The van der Waals surface area contributed by atoms with Crippen LogP contribution in [0.1, 0.15) is 24.1 Å². The molecule has 1 saturated heterocycles. The molecule has 4 heteroatoms. The summed E-state index contributed by atoms with van der Waals surface area (Å²) >= 11 is 0. The largest absolute Gasteiger partial charge is 0.318 e. The Balaban J connectivity index is 1.92. The number of carbonyl (C=O) groups is 1. The Labute approximate surface area is 123 Å². The van der Waals surface area contributed by atoms with E-state index in [1.807, 2.05) is 24.3 Å². The van der Waals surface area contributed by atoms with Crippen LogP contribution in [0, 0.1) is 5.82 Å². The number of hydrogen-bond acceptors (Lipinski definition) is 2. The fraction of sp³-hybridized carbons (Fsp3) is 0.235. The van der Waals surface area contributed by atoms with Crippen LogP contribution >= 0.6 is 0 Å². The van der Waals surface area contributed by atoms with Crippen molar-refractivity contribution < 1.29 is 9.18 Å². The SMILES string of the molecule is CCc1ccc([C@@H]2[C@@H](N)C(=O)N2c2ccc(F)cc2)cc1. The van der Waals surface area contributed by atoms with E-state index >= 15 is 0 Å². The first-order chi connectivity index (χ1) is 10.1. The Morgan fingerprint density at radius 1 is 1.10 bits per heavy atom. The van der Waals surface area contributed by atoms with Gasteiger partial charge < -0.3 is 10.6 Å². The van der Waals surface area contributed by atoms with E-state index in [4.69, 9.17) is 5.73 Å². The molecule has 3 nitrogen and oxygen atoms in total. The standard InChI is InChI=1S/C17H17FN2O/c1-2-11-3-5-12(6-4-11)16-15(19)17(21)20(16)14-9-7-13(18)8-10-14/h3-10,15-16H,2,19H2,1H3/t15-,16-/m1/s1. The molecule has 2 atom stereocenters. The Kier molecular flexibility index (Phi) is 3.47. The molecule has 1 aliphatic rings.